The van der Waals surface area contributed by atoms with Crippen molar-refractivity contribution in [2.45, 2.75) is 33.6 Å². The second kappa shape index (κ2) is 6.78. The fourth-order valence-electron chi connectivity index (χ4n) is 1.49. The summed E-state index contributed by atoms with van der Waals surface area (Å²) in [5.41, 5.74) is 6.58. The van der Waals surface area contributed by atoms with Crippen LogP contribution in [0.1, 0.15) is 31.2 Å². The minimum Gasteiger partial charge on any atom is -0.466 e. The zero-order chi connectivity index (χ0) is 13.5. The third-order valence-electron chi connectivity index (χ3n) is 2.45. The molecule has 0 atom stereocenters. The molecule has 0 unspecified atom stereocenters. The van der Waals surface area contributed by atoms with Crippen molar-refractivity contribution in [3.8, 4) is 0 Å². The van der Waals surface area contributed by atoms with Crippen LogP contribution in [-0.4, -0.2) is 29.1 Å². The number of aryl methyl sites for hydroxylation is 1. The van der Waals surface area contributed by atoms with Gasteiger partial charge in [0, 0.05) is 18.5 Å². The number of aromatic nitrogens is 2. The van der Waals surface area contributed by atoms with Gasteiger partial charge in [-0.05, 0) is 27.2 Å². The Balaban J connectivity index is 2.42. The zero-order valence-electron chi connectivity index (χ0n) is 11.1. The minimum absolute atomic E-state index is 0.172. The average Bonchev–Trinajstić information content (AvgIpc) is 2.31. The van der Waals surface area contributed by atoms with Crippen LogP contribution < -0.4 is 11.1 Å². The van der Waals surface area contributed by atoms with E-state index in [1.807, 2.05) is 6.92 Å². The number of nitrogens with one attached hydrogen (secondary N) is 1. The van der Waals surface area contributed by atoms with Gasteiger partial charge in [0.2, 0.25) is 0 Å². The van der Waals surface area contributed by atoms with Crippen LogP contribution in [0, 0.1) is 13.8 Å². The van der Waals surface area contributed by atoms with E-state index in [1.165, 1.54) is 0 Å². The maximum Gasteiger partial charge on any atom is 0.305 e. The molecule has 1 aromatic rings. The number of rotatable bonds is 6. The molecule has 0 aliphatic carbocycles. The second-order valence-corrected chi connectivity index (χ2v) is 3.97. The molecule has 0 amide bonds. The first-order valence-electron chi connectivity index (χ1n) is 6.04. The third kappa shape index (κ3) is 4.20. The highest BCUT2D eigenvalue weighted by Crippen LogP contribution is 2.16. The van der Waals surface area contributed by atoms with Gasteiger partial charge in [-0.3, -0.25) is 4.79 Å². The molecule has 18 heavy (non-hydrogen) atoms. The number of carbonyl (C=O) groups is 1. The highest BCUT2D eigenvalue weighted by atomic mass is 16.5. The SMILES string of the molecule is CCOC(=O)CCCNc1nc(C)nc(N)c1C. The molecule has 0 saturated carbocycles. The first-order valence-corrected chi connectivity index (χ1v) is 6.04. The Hall–Kier alpha value is -1.85. The molecule has 1 rings (SSSR count). The number of nitrogens with two attached hydrogens (primary N) is 1. The van der Waals surface area contributed by atoms with Crippen molar-refractivity contribution in [3.05, 3.63) is 11.4 Å². The van der Waals surface area contributed by atoms with E-state index in [0.717, 1.165) is 11.4 Å². The Bertz CT molecular complexity index is 421. The lowest BCUT2D eigenvalue weighted by atomic mass is 10.2. The summed E-state index contributed by atoms with van der Waals surface area (Å²) in [5.74, 6) is 1.67. The summed E-state index contributed by atoms with van der Waals surface area (Å²) in [6.45, 7) is 6.52. The normalized spacial score (nSPS) is 10.2. The molecule has 1 aromatic heterocycles. The first kappa shape index (κ1) is 14.2. The Morgan fingerprint density at radius 1 is 1.39 bits per heavy atom. The molecular weight excluding hydrogens is 232 g/mol. The molecule has 0 bridgehead atoms. The molecule has 6 nitrogen and oxygen atoms in total. The predicted molar refractivity (Wildman–Crippen MR) is 70.3 cm³/mol. The van der Waals surface area contributed by atoms with Crippen LogP contribution in [0.3, 0.4) is 0 Å². The lowest BCUT2D eigenvalue weighted by molar-refractivity contribution is -0.143. The lowest BCUT2D eigenvalue weighted by Crippen LogP contribution is -2.11. The van der Waals surface area contributed by atoms with Crippen molar-refractivity contribution < 1.29 is 9.53 Å². The number of anilines is 2. The van der Waals surface area contributed by atoms with Gasteiger partial charge in [-0.15, -0.1) is 0 Å². The summed E-state index contributed by atoms with van der Waals surface area (Å²) >= 11 is 0. The molecule has 100 valence electrons. The standard InChI is InChI=1S/C12H20N4O2/c1-4-18-10(17)6-5-7-14-12-8(2)11(13)15-9(3)16-12/h4-7H2,1-3H3,(H3,13,14,15,16). The van der Waals surface area contributed by atoms with Gasteiger partial charge < -0.3 is 15.8 Å². The van der Waals surface area contributed by atoms with Crippen molar-refractivity contribution in [2.75, 3.05) is 24.2 Å². The number of carbonyl (C=O) groups excluding carboxylic acids is 1. The quantitative estimate of drug-likeness (QED) is 0.588. The minimum atomic E-state index is -0.172. The maximum atomic E-state index is 11.1. The van der Waals surface area contributed by atoms with E-state index in [0.29, 0.717) is 37.6 Å². The van der Waals surface area contributed by atoms with E-state index in [1.54, 1.807) is 13.8 Å². The van der Waals surface area contributed by atoms with Gasteiger partial charge in [-0.2, -0.15) is 0 Å². The number of nitrogen functional groups attached to an aromatic ring is 1. The van der Waals surface area contributed by atoms with Gasteiger partial charge in [-0.25, -0.2) is 9.97 Å². The highest BCUT2D eigenvalue weighted by molar-refractivity contribution is 5.69. The Morgan fingerprint density at radius 2 is 2.11 bits per heavy atom. The summed E-state index contributed by atoms with van der Waals surface area (Å²) in [5, 5.41) is 3.15. The lowest BCUT2D eigenvalue weighted by Gasteiger charge is -2.10. The maximum absolute atomic E-state index is 11.1. The van der Waals surface area contributed by atoms with Gasteiger partial charge in [0.25, 0.3) is 0 Å². The summed E-state index contributed by atoms with van der Waals surface area (Å²) in [6, 6.07) is 0. The smallest absolute Gasteiger partial charge is 0.305 e. The van der Waals surface area contributed by atoms with Crippen LogP contribution in [0.25, 0.3) is 0 Å². The van der Waals surface area contributed by atoms with E-state index in [9.17, 15) is 4.79 Å². The molecule has 0 aliphatic heterocycles. The van der Waals surface area contributed by atoms with Crippen LogP contribution in [0.2, 0.25) is 0 Å². The number of esters is 1. The molecular formula is C12H20N4O2. The molecule has 3 N–H and O–H groups in total. The van der Waals surface area contributed by atoms with Gasteiger partial charge in [0.15, 0.2) is 0 Å². The van der Waals surface area contributed by atoms with Gasteiger partial charge in [-0.1, -0.05) is 0 Å². The van der Waals surface area contributed by atoms with Crippen LogP contribution in [0.15, 0.2) is 0 Å². The molecule has 0 spiro atoms. The van der Waals surface area contributed by atoms with Crippen molar-refractivity contribution in [1.82, 2.24) is 9.97 Å². The van der Waals surface area contributed by atoms with Gasteiger partial charge >= 0.3 is 5.97 Å². The molecule has 0 radical (unpaired) electrons. The van der Waals surface area contributed by atoms with Crippen LogP contribution in [0.5, 0.6) is 0 Å². The molecule has 0 fully saturated rings. The van der Waals surface area contributed by atoms with Crippen molar-refractivity contribution >= 4 is 17.6 Å². The Labute approximate surface area is 107 Å². The van der Waals surface area contributed by atoms with Crippen LogP contribution >= 0.6 is 0 Å². The fourth-order valence-corrected chi connectivity index (χ4v) is 1.49. The fraction of sp³-hybridized carbons (Fsp3) is 0.583. The monoisotopic (exact) mass is 252 g/mol. The predicted octanol–water partition coefficient (Wildman–Crippen LogP) is 1.43. The molecule has 0 aromatic carbocycles. The van der Waals surface area contributed by atoms with Crippen molar-refractivity contribution in [1.29, 1.82) is 0 Å². The second-order valence-electron chi connectivity index (χ2n) is 3.97. The number of hydrogen-bond donors (Lipinski definition) is 2. The van der Waals surface area contributed by atoms with Crippen LogP contribution in [0.4, 0.5) is 11.6 Å². The topological polar surface area (TPSA) is 90.1 Å². The van der Waals surface area contributed by atoms with E-state index >= 15 is 0 Å². The van der Waals surface area contributed by atoms with Gasteiger partial charge in [0.1, 0.15) is 17.5 Å². The largest absolute Gasteiger partial charge is 0.466 e. The van der Waals surface area contributed by atoms with E-state index in [2.05, 4.69) is 15.3 Å². The average molecular weight is 252 g/mol. The molecule has 0 aliphatic rings. The van der Waals surface area contributed by atoms with Crippen molar-refractivity contribution in [3.63, 3.8) is 0 Å². The van der Waals surface area contributed by atoms with Gasteiger partial charge in [0.05, 0.1) is 6.61 Å². The Kier molecular flexibility index (Phi) is 5.35. The van der Waals surface area contributed by atoms with Crippen molar-refractivity contribution in [2.24, 2.45) is 0 Å². The number of nitrogens with zero attached hydrogens (tertiary/aromatic N) is 2. The summed E-state index contributed by atoms with van der Waals surface area (Å²) < 4.78 is 4.84. The summed E-state index contributed by atoms with van der Waals surface area (Å²) in [7, 11) is 0. The number of hydrogen-bond acceptors (Lipinski definition) is 6. The van der Waals surface area contributed by atoms with E-state index in [-0.39, 0.29) is 5.97 Å². The molecule has 6 heteroatoms. The Morgan fingerprint density at radius 3 is 2.78 bits per heavy atom. The molecule has 0 saturated heterocycles. The van der Waals surface area contributed by atoms with Crippen LogP contribution in [-0.2, 0) is 9.53 Å². The highest BCUT2D eigenvalue weighted by Gasteiger charge is 2.06. The first-order chi connectivity index (χ1) is 8.54. The zero-order valence-corrected chi connectivity index (χ0v) is 11.1. The molecule has 1 heterocycles. The summed E-state index contributed by atoms with van der Waals surface area (Å²) in [4.78, 5) is 19.5. The summed E-state index contributed by atoms with van der Waals surface area (Å²) in [6.07, 6.45) is 1.10. The third-order valence-corrected chi connectivity index (χ3v) is 2.45. The number of ether oxygens (including phenoxy) is 1. The van der Waals surface area contributed by atoms with E-state index in [4.69, 9.17) is 10.5 Å². The van der Waals surface area contributed by atoms with E-state index < -0.39 is 0 Å².